The van der Waals surface area contributed by atoms with E-state index >= 15 is 0 Å². The highest BCUT2D eigenvalue weighted by Gasteiger charge is 2.21. The number of nitro benzene ring substituents is 1. The lowest BCUT2D eigenvalue weighted by Crippen LogP contribution is -3.00. The summed E-state index contributed by atoms with van der Waals surface area (Å²) < 4.78 is 10.1. The Labute approximate surface area is 238 Å². The smallest absolute Gasteiger partial charge is 0.276 e. The monoisotopic (exact) mass is 629 g/mol. The number of halogens is 5. The lowest BCUT2D eigenvalue weighted by atomic mass is 10.1. The number of rotatable bonds is 9. The van der Waals surface area contributed by atoms with Gasteiger partial charge in [-0.3, -0.25) is 10.1 Å². The van der Waals surface area contributed by atoms with Crippen LogP contribution in [0.4, 0.5) is 5.69 Å². The van der Waals surface area contributed by atoms with Gasteiger partial charge in [0.05, 0.1) is 17.1 Å². The molecule has 11 heteroatoms. The first-order valence-corrected chi connectivity index (χ1v) is 12.1. The molecule has 3 aromatic carbocycles. The largest absolute Gasteiger partial charge is 1.00 e. The summed E-state index contributed by atoms with van der Waals surface area (Å²) in [6, 6.07) is 17.2. The number of aromatic nitrogens is 2. The molecule has 1 atom stereocenters. The van der Waals surface area contributed by atoms with Gasteiger partial charge in [-0.2, -0.15) is 0 Å². The van der Waals surface area contributed by atoms with Crippen molar-refractivity contribution in [2.75, 3.05) is 0 Å². The Bertz CT molecular complexity index is 1370. The minimum absolute atomic E-state index is 0. The summed E-state index contributed by atoms with van der Waals surface area (Å²) in [6.07, 6.45) is 5.18. The molecular formula is C25H20BrCl4N3O3. The summed E-state index contributed by atoms with van der Waals surface area (Å²) in [5.41, 5.74) is 2.28. The molecule has 36 heavy (non-hydrogen) atoms. The molecule has 0 N–H and O–H groups in total. The number of nitro groups is 1. The van der Waals surface area contributed by atoms with Crippen molar-refractivity contribution in [3.8, 4) is 0 Å². The van der Waals surface area contributed by atoms with Crippen LogP contribution in [0.3, 0.4) is 0 Å². The fraction of sp³-hybridized carbons (Fsp3) is 0.160. The molecule has 1 unspecified atom stereocenters. The Hall–Kier alpha value is -2.13. The van der Waals surface area contributed by atoms with Crippen molar-refractivity contribution in [2.24, 2.45) is 0 Å². The molecule has 0 bridgehead atoms. The number of nitrogens with zero attached hydrogens (tertiary/aromatic N) is 3. The summed E-state index contributed by atoms with van der Waals surface area (Å²) in [4.78, 5) is 11.0. The van der Waals surface area contributed by atoms with E-state index in [4.69, 9.17) is 51.1 Å². The minimum atomic E-state index is -0.418. The zero-order valence-corrected chi connectivity index (χ0v) is 23.3. The van der Waals surface area contributed by atoms with Gasteiger partial charge in [-0.25, -0.2) is 9.13 Å². The highest BCUT2D eigenvalue weighted by molar-refractivity contribution is 6.35. The topological polar surface area (TPSA) is 61.2 Å². The van der Waals surface area contributed by atoms with Gasteiger partial charge >= 0.3 is 0 Å². The molecule has 0 saturated carbocycles. The molecule has 188 valence electrons. The van der Waals surface area contributed by atoms with E-state index in [0.29, 0.717) is 38.7 Å². The third-order valence-electron chi connectivity index (χ3n) is 5.43. The number of hydrogen-bond donors (Lipinski definition) is 0. The lowest BCUT2D eigenvalue weighted by Gasteiger charge is -2.19. The van der Waals surface area contributed by atoms with E-state index in [1.54, 1.807) is 42.5 Å². The standard InChI is InChI=1S/C25H20Cl4N3O3.BrH/c26-19-6-5-18(22(28)11-19)15-35-25(21-8-7-20(27)12-23(21)29)14-31-10-9-30(16-31)13-17-3-1-2-4-24(17)32(33)34;/h1-12,16,25H,13-15H2;1H/q+1;/p-1. The van der Waals surface area contributed by atoms with Crippen LogP contribution >= 0.6 is 46.4 Å². The second-order valence-corrected chi connectivity index (χ2v) is 9.56. The first-order chi connectivity index (χ1) is 16.8. The van der Waals surface area contributed by atoms with Crippen LogP contribution in [-0.4, -0.2) is 9.49 Å². The van der Waals surface area contributed by atoms with Crippen LogP contribution in [0.25, 0.3) is 0 Å². The van der Waals surface area contributed by atoms with Crippen LogP contribution in [0, 0.1) is 10.1 Å². The van der Waals surface area contributed by atoms with E-state index in [-0.39, 0.29) is 34.2 Å². The van der Waals surface area contributed by atoms with E-state index in [2.05, 4.69) is 0 Å². The molecule has 0 spiro atoms. The van der Waals surface area contributed by atoms with Crippen LogP contribution in [0.5, 0.6) is 0 Å². The molecule has 0 fully saturated rings. The van der Waals surface area contributed by atoms with Gasteiger partial charge < -0.3 is 21.7 Å². The average molecular weight is 632 g/mol. The molecule has 1 aromatic heterocycles. The number of imidazole rings is 1. The van der Waals surface area contributed by atoms with Crippen molar-refractivity contribution < 1.29 is 31.2 Å². The van der Waals surface area contributed by atoms with Crippen molar-refractivity contribution in [2.45, 2.75) is 25.8 Å². The van der Waals surface area contributed by atoms with Gasteiger partial charge in [0.25, 0.3) is 5.69 Å². The Morgan fingerprint density at radius 2 is 1.64 bits per heavy atom. The van der Waals surface area contributed by atoms with Gasteiger partial charge in [0.1, 0.15) is 31.6 Å². The highest BCUT2D eigenvalue weighted by atomic mass is 79.9. The van der Waals surface area contributed by atoms with Gasteiger partial charge in [0.15, 0.2) is 0 Å². The molecule has 0 aliphatic carbocycles. The molecule has 6 nitrogen and oxygen atoms in total. The number of ether oxygens (including phenoxy) is 1. The summed E-state index contributed by atoms with van der Waals surface area (Å²) in [5.74, 6) is 0. The number of para-hydroxylation sites is 1. The van der Waals surface area contributed by atoms with Gasteiger partial charge in [-0.1, -0.05) is 70.7 Å². The molecule has 0 radical (unpaired) electrons. The summed E-state index contributed by atoms with van der Waals surface area (Å²) in [5, 5.41) is 13.4. The van der Waals surface area contributed by atoms with Crippen LogP contribution in [0.1, 0.15) is 22.8 Å². The SMILES string of the molecule is O=[N+]([O-])c1ccccc1Cn1cc[n+](CC(OCc2ccc(Cl)cc2Cl)c2ccc(Cl)cc2Cl)c1.[Br-]. The molecule has 0 amide bonds. The molecular weight excluding hydrogens is 612 g/mol. The zero-order chi connectivity index (χ0) is 24.9. The quantitative estimate of drug-likeness (QED) is 0.157. The van der Waals surface area contributed by atoms with Crippen LogP contribution in [-0.2, 0) is 24.4 Å². The Balaban J connectivity index is 0.00000361. The van der Waals surface area contributed by atoms with E-state index in [1.807, 2.05) is 40.0 Å². The normalized spacial score (nSPS) is 11.7. The molecule has 1 heterocycles. The van der Waals surface area contributed by atoms with Crippen LogP contribution in [0.2, 0.25) is 20.1 Å². The predicted molar refractivity (Wildman–Crippen MR) is 137 cm³/mol. The Morgan fingerprint density at radius 3 is 2.33 bits per heavy atom. The van der Waals surface area contributed by atoms with E-state index in [9.17, 15) is 10.1 Å². The second kappa shape index (κ2) is 12.9. The van der Waals surface area contributed by atoms with Crippen molar-refractivity contribution >= 4 is 52.1 Å². The van der Waals surface area contributed by atoms with E-state index in [0.717, 1.165) is 11.1 Å². The lowest BCUT2D eigenvalue weighted by molar-refractivity contribution is -0.704. The van der Waals surface area contributed by atoms with Crippen molar-refractivity contribution in [3.63, 3.8) is 0 Å². The average Bonchev–Trinajstić information content (AvgIpc) is 3.25. The predicted octanol–water partition coefficient (Wildman–Crippen LogP) is 4.31. The minimum Gasteiger partial charge on any atom is -1.00 e. The van der Waals surface area contributed by atoms with Gasteiger partial charge in [-0.15, -0.1) is 0 Å². The fourth-order valence-electron chi connectivity index (χ4n) is 3.68. The van der Waals surface area contributed by atoms with Crippen LogP contribution < -0.4 is 21.5 Å². The third-order valence-corrected chi connectivity index (χ3v) is 6.58. The fourth-order valence-corrected chi connectivity index (χ4v) is 4.68. The maximum absolute atomic E-state index is 11.3. The molecule has 4 rings (SSSR count). The molecule has 0 aliphatic rings. The molecule has 0 saturated heterocycles. The second-order valence-electron chi connectivity index (χ2n) is 7.87. The molecule has 4 aromatic rings. The molecule has 0 aliphatic heterocycles. The Morgan fingerprint density at radius 1 is 0.944 bits per heavy atom. The van der Waals surface area contributed by atoms with E-state index in [1.165, 1.54) is 6.07 Å². The summed E-state index contributed by atoms with van der Waals surface area (Å²) in [7, 11) is 0. The van der Waals surface area contributed by atoms with Gasteiger partial charge in [0.2, 0.25) is 6.33 Å². The third kappa shape index (κ3) is 7.22. The van der Waals surface area contributed by atoms with Crippen LogP contribution in [0.15, 0.2) is 79.4 Å². The van der Waals surface area contributed by atoms with Gasteiger partial charge in [-0.05, 0) is 35.9 Å². The van der Waals surface area contributed by atoms with Crippen molar-refractivity contribution in [1.82, 2.24) is 4.57 Å². The highest BCUT2D eigenvalue weighted by Crippen LogP contribution is 2.31. The number of benzene rings is 3. The van der Waals surface area contributed by atoms with Gasteiger partial charge in [0, 0.05) is 31.7 Å². The maximum atomic E-state index is 11.3. The Kier molecular flexibility index (Phi) is 10.2. The number of hydrogen-bond acceptors (Lipinski definition) is 3. The van der Waals surface area contributed by atoms with Crippen molar-refractivity contribution in [3.05, 3.63) is 126 Å². The van der Waals surface area contributed by atoms with Crippen molar-refractivity contribution in [1.29, 1.82) is 0 Å². The maximum Gasteiger partial charge on any atom is 0.276 e. The van der Waals surface area contributed by atoms with E-state index < -0.39 is 6.10 Å². The first kappa shape index (κ1) is 28.4. The summed E-state index contributed by atoms with van der Waals surface area (Å²) >= 11 is 24.9. The summed E-state index contributed by atoms with van der Waals surface area (Å²) in [6.45, 7) is 1.05. The zero-order valence-electron chi connectivity index (χ0n) is 18.7. The first-order valence-electron chi connectivity index (χ1n) is 10.6.